The predicted molar refractivity (Wildman–Crippen MR) is 91.0 cm³/mol. The van der Waals surface area contributed by atoms with Crippen LogP contribution >= 0.6 is 0 Å². The van der Waals surface area contributed by atoms with Gasteiger partial charge in [-0.3, -0.25) is 9.59 Å². The zero-order valence-corrected chi connectivity index (χ0v) is 14.6. The van der Waals surface area contributed by atoms with E-state index in [1.165, 1.54) is 12.7 Å². The molecular formula is C18H26N2O4. The molecule has 1 aromatic rings. The number of piperidine rings is 1. The number of likely N-dealkylation sites (tertiary alicyclic amines) is 1. The number of hydrogen-bond acceptors (Lipinski definition) is 4. The van der Waals surface area contributed by atoms with E-state index in [-0.39, 0.29) is 31.1 Å². The lowest BCUT2D eigenvalue weighted by molar-refractivity contribution is -0.134. The Morgan fingerprint density at radius 2 is 1.88 bits per heavy atom. The van der Waals surface area contributed by atoms with Crippen molar-refractivity contribution in [3.8, 4) is 5.75 Å². The highest BCUT2D eigenvalue weighted by atomic mass is 16.5. The summed E-state index contributed by atoms with van der Waals surface area (Å²) in [5.74, 6) is 0.586. The van der Waals surface area contributed by atoms with Crippen LogP contribution in [0.3, 0.4) is 0 Å². The van der Waals surface area contributed by atoms with Crippen LogP contribution in [0, 0.1) is 13.8 Å². The minimum atomic E-state index is -0.111. The van der Waals surface area contributed by atoms with E-state index in [0.717, 1.165) is 18.4 Å². The molecule has 1 N–H and O–H groups in total. The highest BCUT2D eigenvalue weighted by Gasteiger charge is 2.24. The molecule has 0 aliphatic carbocycles. The van der Waals surface area contributed by atoms with Crippen LogP contribution in [-0.2, 0) is 14.3 Å². The normalized spacial score (nSPS) is 15.2. The molecule has 132 valence electrons. The fourth-order valence-electron chi connectivity index (χ4n) is 2.71. The van der Waals surface area contributed by atoms with Gasteiger partial charge in [0, 0.05) is 26.2 Å². The maximum Gasteiger partial charge on any atom is 0.260 e. The monoisotopic (exact) mass is 334 g/mol. The topological polar surface area (TPSA) is 67.9 Å². The van der Waals surface area contributed by atoms with E-state index in [1.807, 2.05) is 32.0 Å². The van der Waals surface area contributed by atoms with Gasteiger partial charge in [0.25, 0.3) is 5.91 Å². The third-order valence-corrected chi connectivity index (χ3v) is 4.33. The van der Waals surface area contributed by atoms with Gasteiger partial charge in [0.1, 0.15) is 12.4 Å². The second kappa shape index (κ2) is 8.68. The van der Waals surface area contributed by atoms with Crippen molar-refractivity contribution in [3.63, 3.8) is 0 Å². The number of nitrogens with zero attached hydrogens (tertiary/aromatic N) is 1. The van der Waals surface area contributed by atoms with Crippen molar-refractivity contribution in [2.24, 2.45) is 0 Å². The fraction of sp³-hybridized carbons (Fsp3) is 0.556. The van der Waals surface area contributed by atoms with Gasteiger partial charge in [-0.05, 0) is 49.9 Å². The zero-order chi connectivity index (χ0) is 17.5. The summed E-state index contributed by atoms with van der Waals surface area (Å²) in [5, 5.41) is 2.92. The van der Waals surface area contributed by atoms with Gasteiger partial charge >= 0.3 is 0 Å². The number of carbonyl (C=O) groups is 2. The summed E-state index contributed by atoms with van der Waals surface area (Å²) in [6, 6.07) is 5.92. The highest BCUT2D eigenvalue weighted by Crippen LogP contribution is 2.17. The first-order chi connectivity index (χ1) is 11.5. The van der Waals surface area contributed by atoms with Gasteiger partial charge in [0.2, 0.25) is 5.91 Å². The molecule has 0 saturated carbocycles. The van der Waals surface area contributed by atoms with E-state index >= 15 is 0 Å². The van der Waals surface area contributed by atoms with Gasteiger partial charge in [0.05, 0.1) is 0 Å². The first kappa shape index (κ1) is 18.3. The number of benzene rings is 1. The lowest BCUT2D eigenvalue weighted by atomic mass is 10.1. The van der Waals surface area contributed by atoms with Gasteiger partial charge < -0.3 is 19.7 Å². The number of methoxy groups -OCH3 is 1. The Balaban J connectivity index is 1.74. The fourth-order valence-corrected chi connectivity index (χ4v) is 2.71. The molecule has 1 aromatic carbocycles. The molecule has 0 bridgehead atoms. The molecule has 0 atom stereocenters. The molecule has 1 aliphatic rings. The molecule has 1 saturated heterocycles. The van der Waals surface area contributed by atoms with Crippen molar-refractivity contribution in [2.75, 3.05) is 33.4 Å². The Labute approximate surface area is 143 Å². The van der Waals surface area contributed by atoms with Crippen LogP contribution in [0.15, 0.2) is 18.2 Å². The Hall–Kier alpha value is -2.08. The van der Waals surface area contributed by atoms with Crippen LogP contribution < -0.4 is 10.1 Å². The molecule has 6 nitrogen and oxygen atoms in total. The van der Waals surface area contributed by atoms with E-state index in [4.69, 9.17) is 9.47 Å². The van der Waals surface area contributed by atoms with Gasteiger partial charge in [-0.1, -0.05) is 6.07 Å². The molecular weight excluding hydrogens is 308 g/mol. The average Bonchev–Trinajstić information content (AvgIpc) is 2.56. The molecule has 0 spiro atoms. The molecule has 6 heteroatoms. The first-order valence-electron chi connectivity index (χ1n) is 8.25. The minimum absolute atomic E-state index is 0.0186. The van der Waals surface area contributed by atoms with Crippen molar-refractivity contribution < 1.29 is 19.1 Å². The number of carbonyl (C=O) groups excluding carboxylic acids is 2. The van der Waals surface area contributed by atoms with Crippen LogP contribution in [-0.4, -0.2) is 56.2 Å². The van der Waals surface area contributed by atoms with E-state index in [9.17, 15) is 9.59 Å². The molecule has 0 radical (unpaired) electrons. The van der Waals surface area contributed by atoms with Crippen LogP contribution in [0.4, 0.5) is 0 Å². The SMILES string of the molecule is COCC(=O)NC1CCN(C(=O)COc2ccc(C)c(C)c2)CC1. The Kier molecular flexibility index (Phi) is 6.61. The van der Waals surface area contributed by atoms with Crippen LogP contribution in [0.5, 0.6) is 5.75 Å². The maximum atomic E-state index is 12.2. The van der Waals surface area contributed by atoms with E-state index < -0.39 is 0 Å². The third-order valence-electron chi connectivity index (χ3n) is 4.33. The Morgan fingerprint density at radius 1 is 1.17 bits per heavy atom. The quantitative estimate of drug-likeness (QED) is 0.855. The molecule has 2 amide bonds. The number of aryl methyl sites for hydroxylation is 2. The number of rotatable bonds is 6. The van der Waals surface area contributed by atoms with Crippen LogP contribution in [0.1, 0.15) is 24.0 Å². The lowest BCUT2D eigenvalue weighted by Gasteiger charge is -2.32. The number of nitrogens with one attached hydrogen (secondary N) is 1. The Morgan fingerprint density at radius 3 is 2.50 bits per heavy atom. The molecule has 0 aromatic heterocycles. The summed E-state index contributed by atoms with van der Waals surface area (Å²) in [6.07, 6.45) is 1.51. The van der Waals surface area contributed by atoms with Crippen molar-refractivity contribution >= 4 is 11.8 Å². The first-order valence-corrected chi connectivity index (χ1v) is 8.25. The van der Waals surface area contributed by atoms with Crippen molar-refractivity contribution in [2.45, 2.75) is 32.7 Å². The smallest absolute Gasteiger partial charge is 0.260 e. The van der Waals surface area contributed by atoms with Crippen LogP contribution in [0.2, 0.25) is 0 Å². The van der Waals surface area contributed by atoms with Gasteiger partial charge in [-0.15, -0.1) is 0 Å². The second-order valence-electron chi connectivity index (χ2n) is 6.19. The molecule has 1 aliphatic heterocycles. The molecule has 2 rings (SSSR count). The van der Waals surface area contributed by atoms with E-state index in [2.05, 4.69) is 5.32 Å². The standard InChI is InChI=1S/C18H26N2O4/c1-13-4-5-16(10-14(13)2)24-12-18(22)20-8-6-15(7-9-20)19-17(21)11-23-3/h4-5,10,15H,6-9,11-12H2,1-3H3,(H,19,21). The highest BCUT2D eigenvalue weighted by molar-refractivity contribution is 5.78. The summed E-state index contributed by atoms with van der Waals surface area (Å²) >= 11 is 0. The van der Waals surface area contributed by atoms with Gasteiger partial charge in [-0.2, -0.15) is 0 Å². The second-order valence-corrected chi connectivity index (χ2v) is 6.19. The summed E-state index contributed by atoms with van der Waals surface area (Å²) in [5.41, 5.74) is 2.35. The van der Waals surface area contributed by atoms with Crippen molar-refractivity contribution in [1.29, 1.82) is 0 Å². The largest absolute Gasteiger partial charge is 0.484 e. The summed E-state index contributed by atoms with van der Waals surface area (Å²) in [4.78, 5) is 25.5. The number of hydrogen-bond donors (Lipinski definition) is 1. The summed E-state index contributed by atoms with van der Waals surface area (Å²) in [6.45, 7) is 5.44. The molecule has 0 unspecified atom stereocenters. The predicted octanol–water partition coefficient (Wildman–Crippen LogP) is 1.44. The molecule has 1 fully saturated rings. The van der Waals surface area contributed by atoms with Gasteiger partial charge in [0.15, 0.2) is 6.61 Å². The Bertz CT molecular complexity index is 580. The molecule has 1 heterocycles. The van der Waals surface area contributed by atoms with E-state index in [1.54, 1.807) is 4.90 Å². The number of amides is 2. The third kappa shape index (κ3) is 5.23. The summed E-state index contributed by atoms with van der Waals surface area (Å²) in [7, 11) is 1.50. The van der Waals surface area contributed by atoms with E-state index in [0.29, 0.717) is 18.8 Å². The van der Waals surface area contributed by atoms with Crippen LogP contribution in [0.25, 0.3) is 0 Å². The molecule has 24 heavy (non-hydrogen) atoms. The zero-order valence-electron chi connectivity index (χ0n) is 14.6. The lowest BCUT2D eigenvalue weighted by Crippen LogP contribution is -2.48. The number of ether oxygens (including phenoxy) is 2. The average molecular weight is 334 g/mol. The van der Waals surface area contributed by atoms with Gasteiger partial charge in [-0.25, -0.2) is 0 Å². The van der Waals surface area contributed by atoms with Crippen molar-refractivity contribution in [1.82, 2.24) is 10.2 Å². The minimum Gasteiger partial charge on any atom is -0.484 e. The van der Waals surface area contributed by atoms with Crippen molar-refractivity contribution in [3.05, 3.63) is 29.3 Å². The maximum absolute atomic E-state index is 12.2. The summed E-state index contributed by atoms with van der Waals surface area (Å²) < 4.78 is 10.4.